The minimum absolute atomic E-state index is 0. The smallest absolute Gasteiger partial charge is 0.419 e. The number of ketones is 1. The van der Waals surface area contributed by atoms with Crippen LogP contribution in [0.5, 0.6) is 11.5 Å². The number of likely N-dealkylation sites (tertiary alicyclic amines) is 1. The summed E-state index contributed by atoms with van der Waals surface area (Å²) < 4.78 is 85.3. The summed E-state index contributed by atoms with van der Waals surface area (Å²) in [5.74, 6) is -2.50. The molecule has 2 heterocycles. The Morgan fingerprint density at radius 2 is 1.24 bits per heavy atom. The Morgan fingerprint density at radius 3 is 1.59 bits per heavy atom. The molecule has 2 aromatic carbocycles. The SMILES string of the molecule is C.C.COc1ccc(C(=O)Cl)cc1C(F)(F)F.COc1ccc(C(=O)N2CCC(=O)CC2)cc1C(F)(F)F.OC1(O)CCNCC1. The first-order valence-electron chi connectivity index (χ1n) is 13.1. The van der Waals surface area contributed by atoms with Gasteiger partial charge in [-0.3, -0.25) is 14.4 Å². The van der Waals surface area contributed by atoms with E-state index in [4.69, 9.17) is 21.8 Å². The maximum absolute atomic E-state index is 12.9. The molecule has 2 saturated heterocycles. The Kier molecular flexibility index (Phi) is 16.7. The van der Waals surface area contributed by atoms with Gasteiger partial charge in [-0.2, -0.15) is 26.3 Å². The lowest BCUT2D eigenvalue weighted by Gasteiger charge is -2.26. The molecule has 2 aromatic rings. The molecule has 0 saturated carbocycles. The molecule has 0 unspecified atom stereocenters. The zero-order chi connectivity index (χ0) is 33.3. The lowest BCUT2D eigenvalue weighted by molar-refractivity contribution is -0.175. The third-order valence-corrected chi connectivity index (χ3v) is 6.71. The van der Waals surface area contributed by atoms with Gasteiger partial charge in [-0.15, -0.1) is 0 Å². The molecule has 260 valence electrons. The third-order valence-electron chi connectivity index (χ3n) is 6.50. The predicted octanol–water partition coefficient (Wildman–Crippen LogP) is 5.94. The van der Waals surface area contributed by atoms with Crippen molar-refractivity contribution in [2.45, 2.75) is 58.7 Å². The monoisotopic (exact) mass is 688 g/mol. The Bertz CT molecular complexity index is 1300. The van der Waals surface area contributed by atoms with Crippen LogP contribution in [0.25, 0.3) is 0 Å². The Morgan fingerprint density at radius 1 is 0.826 bits per heavy atom. The molecule has 16 heteroatoms. The van der Waals surface area contributed by atoms with Crippen LogP contribution in [0.3, 0.4) is 0 Å². The van der Waals surface area contributed by atoms with E-state index in [-0.39, 0.29) is 69.2 Å². The lowest BCUT2D eigenvalue weighted by Crippen LogP contribution is -2.41. The van der Waals surface area contributed by atoms with Crippen LogP contribution in [-0.4, -0.2) is 78.2 Å². The lowest BCUT2D eigenvalue weighted by atomic mass is 10.1. The number of ether oxygens (including phenoxy) is 2. The van der Waals surface area contributed by atoms with Crippen LogP contribution in [-0.2, 0) is 17.1 Å². The van der Waals surface area contributed by atoms with Gasteiger partial charge >= 0.3 is 12.4 Å². The van der Waals surface area contributed by atoms with E-state index in [9.17, 15) is 40.7 Å². The molecule has 2 aliphatic heterocycles. The average molecular weight is 689 g/mol. The number of nitrogens with zero attached hydrogens (tertiary/aromatic N) is 1. The van der Waals surface area contributed by atoms with E-state index in [2.05, 4.69) is 14.8 Å². The number of piperidine rings is 2. The predicted molar refractivity (Wildman–Crippen MR) is 159 cm³/mol. The number of hydrogen-bond donors (Lipinski definition) is 3. The molecule has 0 radical (unpaired) electrons. The molecular weight excluding hydrogens is 650 g/mol. The zero-order valence-corrected chi connectivity index (χ0v) is 24.4. The number of carbonyl (C=O) groups is 3. The molecular formula is C30H39ClF6N2O7. The Labute approximate surface area is 268 Å². The van der Waals surface area contributed by atoms with E-state index in [1.54, 1.807) is 0 Å². The summed E-state index contributed by atoms with van der Waals surface area (Å²) in [6.45, 7) is 1.91. The van der Waals surface area contributed by atoms with Crippen molar-refractivity contribution in [1.29, 1.82) is 0 Å². The normalized spacial score (nSPS) is 15.8. The van der Waals surface area contributed by atoms with E-state index in [0.29, 0.717) is 32.0 Å². The summed E-state index contributed by atoms with van der Waals surface area (Å²) in [5, 5.41) is 19.9. The summed E-state index contributed by atoms with van der Waals surface area (Å²) in [6.07, 6.45) is -7.78. The minimum atomic E-state index is -4.60. The number of rotatable bonds is 4. The van der Waals surface area contributed by atoms with Crippen LogP contribution in [0.4, 0.5) is 26.3 Å². The number of carbonyl (C=O) groups excluding carboxylic acids is 3. The first kappa shape index (κ1) is 42.6. The van der Waals surface area contributed by atoms with E-state index in [1.807, 2.05) is 0 Å². The Balaban J connectivity index is 0.000000708. The molecule has 2 aliphatic rings. The average Bonchev–Trinajstić information content (AvgIpc) is 2.96. The highest BCUT2D eigenvalue weighted by Crippen LogP contribution is 2.38. The van der Waals surface area contributed by atoms with Crippen molar-refractivity contribution in [3.63, 3.8) is 0 Å². The number of halogens is 7. The number of alkyl halides is 6. The largest absolute Gasteiger partial charge is 0.496 e. The summed E-state index contributed by atoms with van der Waals surface area (Å²) in [7, 11) is 2.26. The molecule has 0 atom stereocenters. The van der Waals surface area contributed by atoms with Crippen LogP contribution in [0.15, 0.2) is 36.4 Å². The fraction of sp³-hybridized carbons (Fsp3) is 0.500. The zero-order valence-electron chi connectivity index (χ0n) is 23.6. The van der Waals surface area contributed by atoms with Gasteiger partial charge in [-0.25, -0.2) is 0 Å². The van der Waals surface area contributed by atoms with Crippen LogP contribution in [0.2, 0.25) is 0 Å². The van der Waals surface area contributed by atoms with Crippen molar-refractivity contribution in [2.24, 2.45) is 0 Å². The highest BCUT2D eigenvalue weighted by Gasteiger charge is 2.36. The fourth-order valence-electron chi connectivity index (χ4n) is 4.08. The summed E-state index contributed by atoms with van der Waals surface area (Å²) in [4.78, 5) is 35.4. The minimum Gasteiger partial charge on any atom is -0.496 e. The molecule has 9 nitrogen and oxygen atoms in total. The van der Waals surface area contributed by atoms with Crippen molar-refractivity contribution in [1.82, 2.24) is 10.2 Å². The van der Waals surface area contributed by atoms with Crippen molar-refractivity contribution in [3.05, 3.63) is 58.7 Å². The quantitative estimate of drug-likeness (QED) is 0.205. The standard InChI is InChI=1S/C14H14F3NO3.C9H6ClF3O2.C5H11NO2.2CH4/c1-21-12-3-2-9(8-11(12)14(15,16)17)13(20)18-6-4-10(19)5-7-18;1-15-7-3-2-5(8(10)14)4-6(7)9(11,12)13;7-5(8)1-3-6-4-2-5;;/h2-3,8H,4-7H2,1H3;2-4H,1H3;6-8H,1-4H2;2*1H4. The van der Waals surface area contributed by atoms with Gasteiger partial charge in [-0.1, -0.05) is 14.9 Å². The topological polar surface area (TPSA) is 125 Å². The van der Waals surface area contributed by atoms with Crippen LogP contribution in [0, 0.1) is 0 Å². The van der Waals surface area contributed by atoms with Gasteiger partial charge in [0.1, 0.15) is 17.3 Å². The number of nitrogens with one attached hydrogen (secondary N) is 1. The number of amides is 1. The third kappa shape index (κ3) is 12.8. The maximum Gasteiger partial charge on any atom is 0.419 e. The number of hydrogen-bond acceptors (Lipinski definition) is 8. The summed E-state index contributed by atoms with van der Waals surface area (Å²) in [6, 6.07) is 6.10. The molecule has 2 fully saturated rings. The van der Waals surface area contributed by atoms with Crippen molar-refractivity contribution in [3.8, 4) is 11.5 Å². The Hall–Kier alpha value is -3.40. The second-order valence-corrected chi connectivity index (χ2v) is 10.0. The molecule has 46 heavy (non-hydrogen) atoms. The van der Waals surface area contributed by atoms with E-state index >= 15 is 0 Å². The van der Waals surface area contributed by atoms with Crippen molar-refractivity contribution < 1.29 is 60.4 Å². The molecule has 4 rings (SSSR count). The number of methoxy groups -OCH3 is 2. The van der Waals surface area contributed by atoms with Crippen molar-refractivity contribution >= 4 is 28.5 Å². The molecule has 1 amide bonds. The molecule has 3 N–H and O–H groups in total. The maximum atomic E-state index is 12.9. The number of benzene rings is 2. The number of aliphatic hydroxyl groups is 2. The van der Waals surface area contributed by atoms with Crippen LogP contribution in [0.1, 0.15) is 72.4 Å². The van der Waals surface area contributed by atoms with Gasteiger partial charge in [0, 0.05) is 63.0 Å². The first-order chi connectivity index (χ1) is 20.4. The molecule has 0 aromatic heterocycles. The summed E-state index contributed by atoms with van der Waals surface area (Å²) >= 11 is 5.07. The fourth-order valence-corrected chi connectivity index (χ4v) is 4.20. The van der Waals surface area contributed by atoms with Gasteiger partial charge in [0.2, 0.25) is 0 Å². The highest BCUT2D eigenvalue weighted by atomic mass is 35.5. The summed E-state index contributed by atoms with van der Waals surface area (Å²) in [5.41, 5.74) is -2.28. The first-order valence-corrected chi connectivity index (χ1v) is 13.4. The van der Waals surface area contributed by atoms with E-state index in [1.165, 1.54) is 17.0 Å². The highest BCUT2D eigenvalue weighted by molar-refractivity contribution is 6.67. The van der Waals surface area contributed by atoms with Gasteiger partial charge in [0.15, 0.2) is 5.79 Å². The van der Waals surface area contributed by atoms with Gasteiger partial charge in [0.25, 0.3) is 11.1 Å². The van der Waals surface area contributed by atoms with Gasteiger partial charge in [-0.05, 0) is 48.0 Å². The van der Waals surface area contributed by atoms with Gasteiger partial charge in [0.05, 0.1) is 25.3 Å². The molecule has 0 bridgehead atoms. The second-order valence-electron chi connectivity index (χ2n) is 9.66. The van der Waals surface area contributed by atoms with Crippen LogP contribution >= 0.6 is 11.6 Å². The van der Waals surface area contributed by atoms with Crippen molar-refractivity contribution in [2.75, 3.05) is 40.4 Å². The van der Waals surface area contributed by atoms with Gasteiger partial charge < -0.3 is 29.9 Å². The second kappa shape index (κ2) is 18.1. The van der Waals surface area contributed by atoms with E-state index < -0.39 is 40.4 Å². The molecule has 0 aliphatic carbocycles. The van der Waals surface area contributed by atoms with E-state index in [0.717, 1.165) is 32.4 Å². The van der Waals surface area contributed by atoms with Crippen LogP contribution < -0.4 is 14.8 Å². The number of Topliss-reactive ketones (excluding diaryl/α,β-unsaturated/α-hetero) is 1. The molecule has 0 spiro atoms.